The number of pyridine rings is 1. The monoisotopic (exact) mass is 268 g/mol. The van der Waals surface area contributed by atoms with Crippen molar-refractivity contribution in [3.63, 3.8) is 0 Å². The van der Waals surface area contributed by atoms with E-state index < -0.39 is 0 Å². The number of carbonyl (C=O) groups is 1. The van der Waals surface area contributed by atoms with E-state index in [4.69, 9.17) is 0 Å². The minimum absolute atomic E-state index is 0.0241. The van der Waals surface area contributed by atoms with Crippen molar-refractivity contribution in [1.29, 1.82) is 0 Å². The molecule has 3 heteroatoms. The van der Waals surface area contributed by atoms with Crippen LogP contribution in [0.5, 0.6) is 0 Å². The van der Waals surface area contributed by atoms with Crippen molar-refractivity contribution in [1.82, 2.24) is 10.3 Å². The molecule has 0 unspecified atom stereocenters. The van der Waals surface area contributed by atoms with Crippen LogP contribution in [-0.4, -0.2) is 10.9 Å². The molecule has 0 aliphatic carbocycles. The minimum Gasteiger partial charge on any atom is -0.345 e. The highest BCUT2D eigenvalue weighted by atomic mass is 16.1. The maximum atomic E-state index is 12.1. The van der Waals surface area contributed by atoms with Crippen molar-refractivity contribution in [3.05, 3.63) is 65.5 Å². The van der Waals surface area contributed by atoms with Gasteiger partial charge >= 0.3 is 0 Å². The number of rotatable bonds is 4. The first-order chi connectivity index (χ1) is 9.58. The molecule has 1 N–H and O–H groups in total. The van der Waals surface area contributed by atoms with Crippen LogP contribution in [0, 0.1) is 0 Å². The molecule has 3 nitrogen and oxygen atoms in total. The fourth-order valence-corrected chi connectivity index (χ4v) is 2.03. The van der Waals surface area contributed by atoms with Gasteiger partial charge in [-0.3, -0.25) is 9.78 Å². The van der Waals surface area contributed by atoms with E-state index in [-0.39, 0.29) is 11.9 Å². The fourth-order valence-electron chi connectivity index (χ4n) is 2.03. The Morgan fingerprint density at radius 2 is 1.70 bits per heavy atom. The normalized spacial score (nSPS) is 12.2. The Balaban J connectivity index is 2.04. The van der Waals surface area contributed by atoms with Crippen molar-refractivity contribution in [3.8, 4) is 0 Å². The molecular formula is C17H20N2O. The average molecular weight is 268 g/mol. The van der Waals surface area contributed by atoms with E-state index in [0.29, 0.717) is 11.5 Å². The number of benzene rings is 1. The van der Waals surface area contributed by atoms with Crippen molar-refractivity contribution >= 4 is 5.91 Å². The summed E-state index contributed by atoms with van der Waals surface area (Å²) in [6.07, 6.45) is 3.23. The summed E-state index contributed by atoms with van der Waals surface area (Å²) in [5.41, 5.74) is 2.99. The third-order valence-electron chi connectivity index (χ3n) is 3.37. The molecule has 0 spiro atoms. The van der Waals surface area contributed by atoms with Crippen LogP contribution in [0.1, 0.15) is 54.2 Å². The first-order valence-electron chi connectivity index (χ1n) is 6.88. The van der Waals surface area contributed by atoms with Crippen LogP contribution in [0.25, 0.3) is 0 Å². The molecule has 1 aromatic heterocycles. The van der Waals surface area contributed by atoms with E-state index in [9.17, 15) is 4.79 Å². The number of nitrogens with one attached hydrogen (secondary N) is 1. The summed E-state index contributed by atoms with van der Waals surface area (Å²) in [6.45, 7) is 6.32. The van der Waals surface area contributed by atoms with Gasteiger partial charge in [-0.2, -0.15) is 0 Å². The third kappa shape index (κ3) is 3.44. The fraction of sp³-hybridized carbons (Fsp3) is 0.294. The highest BCUT2D eigenvalue weighted by Crippen LogP contribution is 2.18. The molecular weight excluding hydrogens is 248 g/mol. The van der Waals surface area contributed by atoms with E-state index in [1.165, 1.54) is 5.56 Å². The van der Waals surface area contributed by atoms with Gasteiger partial charge in [0.25, 0.3) is 5.91 Å². The lowest BCUT2D eigenvalue weighted by atomic mass is 9.99. The average Bonchev–Trinajstić information content (AvgIpc) is 2.48. The number of amides is 1. The van der Waals surface area contributed by atoms with Crippen molar-refractivity contribution in [2.75, 3.05) is 0 Å². The van der Waals surface area contributed by atoms with Gasteiger partial charge in [0.1, 0.15) is 0 Å². The van der Waals surface area contributed by atoms with Gasteiger partial charge in [-0.25, -0.2) is 0 Å². The quantitative estimate of drug-likeness (QED) is 0.918. The zero-order chi connectivity index (χ0) is 14.5. The molecule has 1 atom stereocenters. The van der Waals surface area contributed by atoms with E-state index in [1.54, 1.807) is 24.5 Å². The largest absolute Gasteiger partial charge is 0.345 e. The van der Waals surface area contributed by atoms with Crippen molar-refractivity contribution < 1.29 is 4.79 Å². The maximum absolute atomic E-state index is 12.1. The van der Waals surface area contributed by atoms with Crippen LogP contribution < -0.4 is 5.32 Å². The van der Waals surface area contributed by atoms with E-state index in [0.717, 1.165) is 5.56 Å². The first kappa shape index (κ1) is 14.3. The molecule has 1 amide bonds. The van der Waals surface area contributed by atoms with Gasteiger partial charge in [-0.05, 0) is 36.1 Å². The molecule has 1 heterocycles. The lowest BCUT2D eigenvalue weighted by molar-refractivity contribution is 0.0939. The van der Waals surface area contributed by atoms with Gasteiger partial charge in [0.15, 0.2) is 0 Å². The smallest absolute Gasteiger partial charge is 0.253 e. The van der Waals surface area contributed by atoms with Gasteiger partial charge < -0.3 is 5.32 Å². The molecule has 0 aliphatic heterocycles. The molecule has 0 saturated heterocycles. The Bertz CT molecular complexity index is 561. The minimum atomic E-state index is -0.0986. The molecule has 0 aliphatic rings. The topological polar surface area (TPSA) is 42.0 Å². The van der Waals surface area contributed by atoms with Crippen molar-refractivity contribution in [2.24, 2.45) is 0 Å². The Morgan fingerprint density at radius 1 is 1.05 bits per heavy atom. The van der Waals surface area contributed by atoms with Crippen LogP contribution in [-0.2, 0) is 0 Å². The van der Waals surface area contributed by atoms with Crippen molar-refractivity contribution in [2.45, 2.75) is 32.7 Å². The second-order valence-corrected chi connectivity index (χ2v) is 5.26. The summed E-state index contributed by atoms with van der Waals surface area (Å²) >= 11 is 0. The van der Waals surface area contributed by atoms with Gasteiger partial charge in [0.05, 0.1) is 11.6 Å². The Kier molecular flexibility index (Phi) is 4.51. The standard InChI is InChI=1S/C17H20N2O/c1-12(2)14-6-8-15(9-7-14)13(3)19-17(20)16-5-4-10-18-11-16/h4-13H,1-3H3,(H,19,20)/t13-/m1/s1. The zero-order valence-corrected chi connectivity index (χ0v) is 12.1. The van der Waals surface area contributed by atoms with Crippen LogP contribution >= 0.6 is 0 Å². The molecule has 20 heavy (non-hydrogen) atoms. The number of hydrogen-bond donors (Lipinski definition) is 1. The van der Waals surface area contributed by atoms with Gasteiger partial charge in [0, 0.05) is 12.4 Å². The summed E-state index contributed by atoms with van der Waals surface area (Å²) in [5, 5.41) is 2.98. The lowest BCUT2D eigenvalue weighted by Gasteiger charge is -2.15. The van der Waals surface area contributed by atoms with Crippen LogP contribution in [0.2, 0.25) is 0 Å². The summed E-state index contributed by atoms with van der Waals surface area (Å²) < 4.78 is 0. The van der Waals surface area contributed by atoms with Gasteiger partial charge in [-0.15, -0.1) is 0 Å². The van der Waals surface area contributed by atoms with E-state index >= 15 is 0 Å². The lowest BCUT2D eigenvalue weighted by Crippen LogP contribution is -2.26. The number of carbonyl (C=O) groups excluding carboxylic acids is 1. The molecule has 0 saturated carbocycles. The molecule has 2 aromatic rings. The zero-order valence-electron chi connectivity index (χ0n) is 12.1. The molecule has 104 valence electrons. The second-order valence-electron chi connectivity index (χ2n) is 5.26. The Labute approximate surface area is 120 Å². The summed E-state index contributed by atoms with van der Waals surface area (Å²) in [4.78, 5) is 16.0. The molecule has 0 fully saturated rings. The van der Waals surface area contributed by atoms with Crippen LogP contribution in [0.4, 0.5) is 0 Å². The molecule has 2 rings (SSSR count). The number of aromatic nitrogens is 1. The molecule has 0 bridgehead atoms. The summed E-state index contributed by atoms with van der Waals surface area (Å²) in [6, 6.07) is 11.9. The predicted octanol–water partition coefficient (Wildman–Crippen LogP) is 3.70. The Morgan fingerprint density at radius 3 is 2.25 bits per heavy atom. The van der Waals surface area contributed by atoms with Crippen LogP contribution in [0.15, 0.2) is 48.8 Å². The maximum Gasteiger partial charge on any atom is 0.253 e. The van der Waals surface area contributed by atoms with E-state index in [1.807, 2.05) is 6.92 Å². The van der Waals surface area contributed by atoms with Gasteiger partial charge in [0.2, 0.25) is 0 Å². The third-order valence-corrected chi connectivity index (χ3v) is 3.37. The molecule has 0 radical (unpaired) electrons. The Hall–Kier alpha value is -2.16. The first-order valence-corrected chi connectivity index (χ1v) is 6.88. The molecule has 1 aromatic carbocycles. The summed E-state index contributed by atoms with van der Waals surface area (Å²) in [7, 11) is 0. The van der Waals surface area contributed by atoms with E-state index in [2.05, 4.69) is 48.4 Å². The predicted molar refractivity (Wildman–Crippen MR) is 80.6 cm³/mol. The number of nitrogens with zero attached hydrogens (tertiary/aromatic N) is 1. The number of hydrogen-bond acceptors (Lipinski definition) is 2. The highest BCUT2D eigenvalue weighted by molar-refractivity contribution is 5.94. The second kappa shape index (κ2) is 6.33. The van der Waals surface area contributed by atoms with Crippen LogP contribution in [0.3, 0.4) is 0 Å². The summed E-state index contributed by atoms with van der Waals surface area (Å²) in [5.74, 6) is 0.419. The SMILES string of the molecule is CC(C)c1ccc([C@@H](C)NC(=O)c2cccnc2)cc1. The van der Waals surface area contributed by atoms with Gasteiger partial charge in [-0.1, -0.05) is 38.1 Å². The highest BCUT2D eigenvalue weighted by Gasteiger charge is 2.11.